The van der Waals surface area contributed by atoms with Crippen molar-refractivity contribution in [2.24, 2.45) is 0 Å². The average molecular weight is 401 g/mol. The molecule has 0 amide bonds. The van der Waals surface area contributed by atoms with Gasteiger partial charge in [0, 0.05) is 51.7 Å². The third kappa shape index (κ3) is 3.46. The van der Waals surface area contributed by atoms with Crippen LogP contribution in [0.5, 0.6) is 0 Å². The highest BCUT2D eigenvalue weighted by molar-refractivity contribution is 5.77. The van der Waals surface area contributed by atoms with Crippen molar-refractivity contribution in [3.63, 3.8) is 0 Å². The molecule has 2 aromatic carbocycles. The molecule has 0 unspecified atom stereocenters. The van der Waals surface area contributed by atoms with E-state index in [1.54, 1.807) is 0 Å². The lowest BCUT2D eigenvalue weighted by Crippen LogP contribution is -2.43. The van der Waals surface area contributed by atoms with Gasteiger partial charge in [0.25, 0.3) is 0 Å². The van der Waals surface area contributed by atoms with E-state index in [2.05, 4.69) is 56.8 Å². The van der Waals surface area contributed by atoms with E-state index in [0.717, 1.165) is 45.1 Å². The van der Waals surface area contributed by atoms with Crippen LogP contribution >= 0.6 is 0 Å². The Hall–Kier alpha value is -2.17. The Bertz CT molecular complexity index is 1050. The van der Waals surface area contributed by atoms with Crippen molar-refractivity contribution in [2.45, 2.75) is 64.2 Å². The number of hydrogen-bond donors (Lipinski definition) is 0. The minimum absolute atomic E-state index is 0.849. The molecule has 4 heteroatoms. The molecular weight excluding hydrogens is 368 g/mol. The largest absolute Gasteiger partial charge is 0.328 e. The van der Waals surface area contributed by atoms with Gasteiger partial charge < -0.3 is 4.57 Å². The maximum absolute atomic E-state index is 5.10. The highest BCUT2D eigenvalue weighted by atomic mass is 15.2. The summed E-state index contributed by atoms with van der Waals surface area (Å²) < 4.78 is 2.49. The highest BCUT2D eigenvalue weighted by Crippen LogP contribution is 2.28. The fourth-order valence-corrected chi connectivity index (χ4v) is 5.62. The van der Waals surface area contributed by atoms with Crippen LogP contribution in [0.4, 0.5) is 0 Å². The number of hydrogen-bond acceptors (Lipinski definition) is 3. The molecule has 156 valence electrons. The Labute approximate surface area is 179 Å². The van der Waals surface area contributed by atoms with Crippen LogP contribution in [0.3, 0.4) is 0 Å². The Morgan fingerprint density at radius 1 is 0.867 bits per heavy atom. The summed E-state index contributed by atoms with van der Waals surface area (Å²) in [7, 11) is 0. The quantitative estimate of drug-likeness (QED) is 0.651. The van der Waals surface area contributed by atoms with Crippen molar-refractivity contribution in [1.82, 2.24) is 19.4 Å². The van der Waals surface area contributed by atoms with Crippen LogP contribution in [-0.4, -0.2) is 45.0 Å². The molecule has 30 heavy (non-hydrogen) atoms. The highest BCUT2D eigenvalue weighted by Gasteiger charge is 2.26. The molecule has 1 fully saturated rings. The molecule has 0 bridgehead atoms. The van der Waals surface area contributed by atoms with Crippen molar-refractivity contribution in [3.05, 3.63) is 65.0 Å². The predicted octanol–water partition coefficient (Wildman–Crippen LogP) is 4.40. The summed E-state index contributed by atoms with van der Waals surface area (Å²) in [5, 5.41) is 0. The zero-order chi connectivity index (χ0) is 19.9. The first-order chi connectivity index (χ1) is 14.8. The maximum atomic E-state index is 5.10. The molecule has 0 atom stereocenters. The van der Waals surface area contributed by atoms with E-state index >= 15 is 0 Å². The summed E-state index contributed by atoms with van der Waals surface area (Å²) in [5.74, 6) is 1.29. The Morgan fingerprint density at radius 3 is 2.63 bits per heavy atom. The molecule has 1 aliphatic carbocycles. The van der Waals surface area contributed by atoms with E-state index in [9.17, 15) is 0 Å². The summed E-state index contributed by atoms with van der Waals surface area (Å²) in [4.78, 5) is 10.4. The first kappa shape index (κ1) is 18.6. The number of imidazole rings is 1. The van der Waals surface area contributed by atoms with E-state index in [1.165, 1.54) is 72.3 Å². The predicted molar refractivity (Wildman–Crippen MR) is 122 cm³/mol. The van der Waals surface area contributed by atoms with Crippen LogP contribution in [-0.2, 0) is 32.5 Å². The molecule has 1 saturated carbocycles. The van der Waals surface area contributed by atoms with Crippen LogP contribution in [0.15, 0.2) is 42.5 Å². The Morgan fingerprint density at radius 2 is 1.77 bits per heavy atom. The van der Waals surface area contributed by atoms with E-state index in [4.69, 9.17) is 4.98 Å². The second-order valence-electron chi connectivity index (χ2n) is 9.46. The molecule has 3 heterocycles. The summed E-state index contributed by atoms with van der Waals surface area (Å²) in [6.45, 7) is 6.75. The molecule has 6 rings (SSSR count). The molecule has 2 aliphatic heterocycles. The van der Waals surface area contributed by atoms with Crippen LogP contribution in [0.25, 0.3) is 11.0 Å². The summed E-state index contributed by atoms with van der Waals surface area (Å²) in [5.41, 5.74) is 6.93. The molecular formula is C26H32N4. The van der Waals surface area contributed by atoms with Gasteiger partial charge in [-0.1, -0.05) is 36.8 Å². The van der Waals surface area contributed by atoms with Crippen LogP contribution in [0.2, 0.25) is 0 Å². The van der Waals surface area contributed by atoms with Crippen molar-refractivity contribution in [3.8, 4) is 0 Å². The zero-order valence-electron chi connectivity index (χ0n) is 17.9. The molecule has 0 spiro atoms. The van der Waals surface area contributed by atoms with Crippen molar-refractivity contribution in [2.75, 3.05) is 19.6 Å². The molecule has 3 aliphatic rings. The van der Waals surface area contributed by atoms with Gasteiger partial charge in [-0.2, -0.15) is 0 Å². The monoisotopic (exact) mass is 400 g/mol. The third-order valence-corrected chi connectivity index (χ3v) is 7.55. The fraction of sp³-hybridized carbons (Fsp3) is 0.500. The van der Waals surface area contributed by atoms with Crippen LogP contribution in [0.1, 0.15) is 48.2 Å². The summed E-state index contributed by atoms with van der Waals surface area (Å²) in [6, 6.07) is 16.7. The molecule has 0 radical (unpaired) electrons. The van der Waals surface area contributed by atoms with Gasteiger partial charge in [0.15, 0.2) is 0 Å². The fourth-order valence-electron chi connectivity index (χ4n) is 5.62. The van der Waals surface area contributed by atoms with Gasteiger partial charge in [-0.25, -0.2) is 4.98 Å². The van der Waals surface area contributed by atoms with Gasteiger partial charge in [0.1, 0.15) is 5.82 Å². The second-order valence-corrected chi connectivity index (χ2v) is 9.46. The van der Waals surface area contributed by atoms with Crippen molar-refractivity contribution in [1.29, 1.82) is 0 Å². The smallest absolute Gasteiger partial charge is 0.111 e. The number of aryl methyl sites for hydroxylation is 1. The van der Waals surface area contributed by atoms with Gasteiger partial charge in [0.05, 0.1) is 11.0 Å². The second kappa shape index (κ2) is 7.82. The third-order valence-electron chi connectivity index (χ3n) is 7.55. The molecule has 0 saturated heterocycles. The number of aromatic nitrogens is 2. The first-order valence-electron chi connectivity index (χ1n) is 11.8. The minimum Gasteiger partial charge on any atom is -0.328 e. The lowest BCUT2D eigenvalue weighted by Gasteiger charge is -2.38. The van der Waals surface area contributed by atoms with E-state index in [0.29, 0.717) is 0 Å². The standard InChI is InChI=1S/C26H32N4/c1-2-6-22-19-28(15-11-21(22)5-1)18-20-9-10-25-24(17-20)27-26-12-16-29(23-7-3-8-23)13-4-14-30(25)26/h1-2,5-6,9-10,17,23H,3-4,7-8,11-16,18-19H2. The summed E-state index contributed by atoms with van der Waals surface area (Å²) in [6.07, 6.45) is 7.72. The van der Waals surface area contributed by atoms with Gasteiger partial charge in [-0.15, -0.1) is 0 Å². The SMILES string of the molecule is c1ccc2c(c1)CCN(Cc1ccc3c(c1)nc1n3CCCN(C3CCC3)CC1)C2. The maximum Gasteiger partial charge on any atom is 0.111 e. The molecule has 0 N–H and O–H groups in total. The van der Waals surface area contributed by atoms with E-state index < -0.39 is 0 Å². The molecule has 3 aromatic rings. The first-order valence-corrected chi connectivity index (χ1v) is 11.8. The zero-order valence-corrected chi connectivity index (χ0v) is 17.9. The van der Waals surface area contributed by atoms with Gasteiger partial charge >= 0.3 is 0 Å². The van der Waals surface area contributed by atoms with Crippen molar-refractivity contribution < 1.29 is 0 Å². The number of nitrogens with zero attached hydrogens (tertiary/aromatic N) is 4. The van der Waals surface area contributed by atoms with E-state index in [-0.39, 0.29) is 0 Å². The normalized spacial score (nSPS) is 20.9. The average Bonchev–Trinajstić information content (AvgIpc) is 3.04. The van der Waals surface area contributed by atoms with Crippen LogP contribution < -0.4 is 0 Å². The molecule has 1 aromatic heterocycles. The van der Waals surface area contributed by atoms with Gasteiger partial charge in [-0.3, -0.25) is 9.80 Å². The minimum atomic E-state index is 0.849. The lowest BCUT2D eigenvalue weighted by molar-refractivity contribution is 0.120. The lowest BCUT2D eigenvalue weighted by atomic mass is 9.91. The number of rotatable bonds is 3. The van der Waals surface area contributed by atoms with Gasteiger partial charge in [0.2, 0.25) is 0 Å². The Kier molecular flexibility index (Phi) is 4.85. The summed E-state index contributed by atoms with van der Waals surface area (Å²) >= 11 is 0. The topological polar surface area (TPSA) is 24.3 Å². The number of benzene rings is 2. The van der Waals surface area contributed by atoms with Crippen LogP contribution in [0, 0.1) is 0 Å². The van der Waals surface area contributed by atoms with E-state index in [1.807, 2.05) is 0 Å². The Balaban J connectivity index is 1.20. The van der Waals surface area contributed by atoms with Crippen molar-refractivity contribution >= 4 is 11.0 Å². The molecule has 4 nitrogen and oxygen atoms in total. The number of fused-ring (bicyclic) bond motifs is 4. The van der Waals surface area contributed by atoms with Gasteiger partial charge in [-0.05, 0) is 54.5 Å².